The Kier molecular flexibility index (Phi) is 8.38. The predicted molar refractivity (Wildman–Crippen MR) is 115 cm³/mol. The first-order valence-electron chi connectivity index (χ1n) is 11.4. The Balaban J connectivity index is 1.49. The van der Waals surface area contributed by atoms with Gasteiger partial charge in [-0.15, -0.1) is 0 Å². The fraction of sp³-hybridized carbons (Fsp3) is 0.667. The summed E-state index contributed by atoms with van der Waals surface area (Å²) in [5, 5.41) is 6.13. The summed E-state index contributed by atoms with van der Waals surface area (Å²) in [7, 11) is 0. The molecule has 0 saturated heterocycles. The molecule has 28 heavy (non-hydrogen) atoms. The Morgan fingerprint density at radius 1 is 0.536 bits per heavy atom. The van der Waals surface area contributed by atoms with Crippen LogP contribution in [0, 0.1) is 11.8 Å². The Morgan fingerprint density at radius 2 is 0.821 bits per heavy atom. The SMILES string of the molecule is O=C(Nc1ccc(NC(=O)C2CCCCCCC2)cc1)C1CCCCCCC1. The fourth-order valence-electron chi connectivity index (χ4n) is 4.56. The lowest BCUT2D eigenvalue weighted by Crippen LogP contribution is -2.24. The highest BCUT2D eigenvalue weighted by Crippen LogP contribution is 2.25. The van der Waals surface area contributed by atoms with Gasteiger partial charge in [0.1, 0.15) is 0 Å². The molecule has 0 aromatic heterocycles. The van der Waals surface area contributed by atoms with E-state index in [9.17, 15) is 9.59 Å². The predicted octanol–water partition coefficient (Wildman–Crippen LogP) is 6.28. The van der Waals surface area contributed by atoms with E-state index in [0.29, 0.717) is 0 Å². The molecule has 1 aromatic carbocycles. The molecule has 2 saturated carbocycles. The van der Waals surface area contributed by atoms with Crippen LogP contribution in [0.3, 0.4) is 0 Å². The van der Waals surface area contributed by atoms with E-state index >= 15 is 0 Å². The minimum atomic E-state index is 0.138. The normalized spacial score (nSPS) is 20.3. The number of hydrogen-bond donors (Lipinski definition) is 2. The minimum absolute atomic E-state index is 0.138. The van der Waals surface area contributed by atoms with Crippen molar-refractivity contribution >= 4 is 23.2 Å². The van der Waals surface area contributed by atoms with E-state index in [-0.39, 0.29) is 23.7 Å². The van der Waals surface area contributed by atoms with Gasteiger partial charge in [-0.05, 0) is 49.9 Å². The molecule has 154 valence electrons. The summed E-state index contributed by atoms with van der Waals surface area (Å²) in [6.45, 7) is 0. The molecule has 1 aromatic rings. The van der Waals surface area contributed by atoms with Crippen molar-refractivity contribution in [2.24, 2.45) is 11.8 Å². The first-order chi connectivity index (χ1) is 13.7. The summed E-state index contributed by atoms with van der Waals surface area (Å²) < 4.78 is 0. The number of nitrogens with one attached hydrogen (secondary N) is 2. The average Bonchev–Trinajstić information content (AvgIpc) is 2.62. The Morgan fingerprint density at radius 3 is 1.14 bits per heavy atom. The molecule has 4 nitrogen and oxygen atoms in total. The lowest BCUT2D eigenvalue weighted by molar-refractivity contribution is -0.121. The summed E-state index contributed by atoms with van der Waals surface area (Å²) in [4.78, 5) is 25.2. The number of carbonyl (C=O) groups excluding carboxylic acids is 2. The maximum absolute atomic E-state index is 12.6. The summed E-state index contributed by atoms with van der Waals surface area (Å²) >= 11 is 0. The molecule has 4 heteroatoms. The molecular weight excluding hydrogens is 348 g/mol. The summed E-state index contributed by atoms with van der Waals surface area (Å²) in [6, 6.07) is 7.59. The zero-order valence-electron chi connectivity index (χ0n) is 17.2. The number of hydrogen-bond acceptors (Lipinski definition) is 2. The van der Waals surface area contributed by atoms with Gasteiger partial charge < -0.3 is 10.6 Å². The molecule has 2 amide bonds. The van der Waals surface area contributed by atoms with Crippen molar-refractivity contribution in [2.45, 2.75) is 89.9 Å². The number of carbonyl (C=O) groups is 2. The van der Waals surface area contributed by atoms with Crippen LogP contribution in [0.1, 0.15) is 89.9 Å². The van der Waals surface area contributed by atoms with Crippen molar-refractivity contribution < 1.29 is 9.59 Å². The summed E-state index contributed by atoms with van der Waals surface area (Å²) in [6.07, 6.45) is 16.2. The number of amides is 2. The first kappa shape index (κ1) is 20.9. The van der Waals surface area contributed by atoms with Crippen LogP contribution in [0.5, 0.6) is 0 Å². The molecule has 0 radical (unpaired) electrons. The third-order valence-corrected chi connectivity index (χ3v) is 6.37. The Hall–Kier alpha value is -1.84. The van der Waals surface area contributed by atoms with E-state index in [2.05, 4.69) is 10.6 Å². The maximum atomic E-state index is 12.6. The van der Waals surface area contributed by atoms with Crippen LogP contribution in [0.25, 0.3) is 0 Å². The van der Waals surface area contributed by atoms with Gasteiger partial charge in [0, 0.05) is 23.2 Å². The quantitative estimate of drug-likeness (QED) is 0.641. The van der Waals surface area contributed by atoms with E-state index in [1.165, 1.54) is 38.5 Å². The second-order valence-electron chi connectivity index (χ2n) is 8.64. The monoisotopic (exact) mass is 384 g/mol. The van der Waals surface area contributed by atoms with Crippen molar-refractivity contribution in [3.63, 3.8) is 0 Å². The largest absolute Gasteiger partial charge is 0.326 e. The van der Waals surface area contributed by atoms with Crippen molar-refractivity contribution in [3.8, 4) is 0 Å². The van der Waals surface area contributed by atoms with Crippen molar-refractivity contribution in [1.29, 1.82) is 0 Å². The van der Waals surface area contributed by atoms with Crippen molar-refractivity contribution in [2.75, 3.05) is 10.6 Å². The van der Waals surface area contributed by atoms with Gasteiger partial charge in [-0.25, -0.2) is 0 Å². The van der Waals surface area contributed by atoms with E-state index in [4.69, 9.17) is 0 Å². The molecule has 0 spiro atoms. The van der Waals surface area contributed by atoms with Crippen LogP contribution >= 0.6 is 0 Å². The lowest BCUT2D eigenvalue weighted by atomic mass is 9.90. The highest BCUT2D eigenvalue weighted by Gasteiger charge is 2.21. The van der Waals surface area contributed by atoms with Crippen LogP contribution in [0.2, 0.25) is 0 Å². The topological polar surface area (TPSA) is 58.2 Å². The second-order valence-corrected chi connectivity index (χ2v) is 8.64. The van der Waals surface area contributed by atoms with Gasteiger partial charge in [-0.2, -0.15) is 0 Å². The summed E-state index contributed by atoms with van der Waals surface area (Å²) in [5.41, 5.74) is 1.63. The van der Waals surface area contributed by atoms with Gasteiger partial charge in [0.2, 0.25) is 11.8 Å². The minimum Gasteiger partial charge on any atom is -0.326 e. The third kappa shape index (κ3) is 6.65. The first-order valence-corrected chi connectivity index (χ1v) is 11.4. The highest BCUT2D eigenvalue weighted by atomic mass is 16.2. The molecule has 2 N–H and O–H groups in total. The molecule has 0 unspecified atom stereocenters. The van der Waals surface area contributed by atoms with E-state index in [0.717, 1.165) is 62.7 Å². The van der Waals surface area contributed by atoms with Gasteiger partial charge in [-0.1, -0.05) is 64.2 Å². The molecule has 0 bridgehead atoms. The van der Waals surface area contributed by atoms with Crippen LogP contribution in [-0.2, 0) is 9.59 Å². The van der Waals surface area contributed by atoms with Crippen molar-refractivity contribution in [3.05, 3.63) is 24.3 Å². The Bertz CT molecular complexity index is 555. The zero-order chi connectivity index (χ0) is 19.6. The standard InChI is InChI=1S/C24H36N2O2/c27-23(19-11-7-3-1-4-8-12-19)25-21-15-17-22(18-16-21)26-24(28)20-13-9-5-2-6-10-14-20/h15-20H,1-14H2,(H,25,27)(H,26,28). The van der Waals surface area contributed by atoms with E-state index in [1.54, 1.807) is 0 Å². The smallest absolute Gasteiger partial charge is 0.227 e. The number of rotatable bonds is 4. The lowest BCUT2D eigenvalue weighted by Gasteiger charge is -2.20. The van der Waals surface area contributed by atoms with Gasteiger partial charge in [0.15, 0.2) is 0 Å². The average molecular weight is 385 g/mol. The molecule has 3 rings (SSSR count). The fourth-order valence-corrected chi connectivity index (χ4v) is 4.56. The van der Waals surface area contributed by atoms with Crippen molar-refractivity contribution in [1.82, 2.24) is 0 Å². The molecule has 0 atom stereocenters. The maximum Gasteiger partial charge on any atom is 0.227 e. The molecule has 0 heterocycles. The summed E-state index contributed by atoms with van der Waals surface area (Å²) in [5.74, 6) is 0.569. The molecule has 2 aliphatic rings. The number of benzene rings is 1. The van der Waals surface area contributed by atoms with Crippen LogP contribution in [0.15, 0.2) is 24.3 Å². The van der Waals surface area contributed by atoms with Crippen LogP contribution in [0.4, 0.5) is 11.4 Å². The van der Waals surface area contributed by atoms with Crippen LogP contribution in [-0.4, -0.2) is 11.8 Å². The van der Waals surface area contributed by atoms with E-state index < -0.39 is 0 Å². The molecule has 2 aliphatic carbocycles. The molecular formula is C24H36N2O2. The van der Waals surface area contributed by atoms with Gasteiger partial charge in [-0.3, -0.25) is 9.59 Å². The molecule has 2 fully saturated rings. The zero-order valence-corrected chi connectivity index (χ0v) is 17.2. The second kappa shape index (κ2) is 11.2. The van der Waals surface area contributed by atoms with Gasteiger partial charge in [0.25, 0.3) is 0 Å². The Labute approximate surface area is 169 Å². The number of anilines is 2. The van der Waals surface area contributed by atoms with Crippen LogP contribution < -0.4 is 10.6 Å². The van der Waals surface area contributed by atoms with Gasteiger partial charge in [0.05, 0.1) is 0 Å². The third-order valence-electron chi connectivity index (χ3n) is 6.37. The molecule has 0 aliphatic heterocycles. The van der Waals surface area contributed by atoms with E-state index in [1.807, 2.05) is 24.3 Å². The highest BCUT2D eigenvalue weighted by molar-refractivity contribution is 5.94. The van der Waals surface area contributed by atoms with Gasteiger partial charge >= 0.3 is 0 Å².